The Labute approximate surface area is 130 Å². The minimum Gasteiger partial charge on any atom is -0.497 e. The predicted octanol–water partition coefficient (Wildman–Crippen LogP) is 2.05. The summed E-state index contributed by atoms with van der Waals surface area (Å²) >= 11 is 0. The van der Waals surface area contributed by atoms with E-state index in [4.69, 9.17) is 4.74 Å². The minimum absolute atomic E-state index is 0.0295. The highest BCUT2D eigenvalue weighted by Crippen LogP contribution is 2.22. The van der Waals surface area contributed by atoms with Gasteiger partial charge in [0.05, 0.1) is 12.7 Å². The minimum atomic E-state index is -0.0295. The number of hydrogen-bond acceptors (Lipinski definition) is 4. The number of amides is 1. The van der Waals surface area contributed by atoms with Crippen LogP contribution in [0.15, 0.2) is 42.7 Å². The molecule has 0 aliphatic carbocycles. The van der Waals surface area contributed by atoms with E-state index in [9.17, 15) is 4.79 Å². The molecule has 0 radical (unpaired) electrons. The molecule has 0 unspecified atom stereocenters. The molecule has 1 heterocycles. The van der Waals surface area contributed by atoms with Gasteiger partial charge in [-0.05, 0) is 30.8 Å². The number of rotatable bonds is 6. The Kier molecular flexibility index (Phi) is 5.49. The van der Waals surface area contributed by atoms with E-state index >= 15 is 0 Å². The third kappa shape index (κ3) is 3.83. The highest BCUT2D eigenvalue weighted by Gasteiger charge is 2.12. The van der Waals surface area contributed by atoms with Crippen LogP contribution in [0.25, 0.3) is 11.1 Å². The van der Waals surface area contributed by atoms with E-state index in [1.165, 1.54) is 0 Å². The quantitative estimate of drug-likeness (QED) is 0.887. The Hall–Kier alpha value is -2.40. The van der Waals surface area contributed by atoms with Gasteiger partial charge in [-0.3, -0.25) is 9.78 Å². The van der Waals surface area contributed by atoms with Crippen LogP contribution >= 0.6 is 0 Å². The largest absolute Gasteiger partial charge is 0.497 e. The van der Waals surface area contributed by atoms with Gasteiger partial charge in [-0.1, -0.05) is 12.1 Å². The van der Waals surface area contributed by atoms with E-state index in [0.29, 0.717) is 12.1 Å². The predicted molar refractivity (Wildman–Crippen MR) is 87.1 cm³/mol. The number of pyridine rings is 1. The maximum atomic E-state index is 12.4. The van der Waals surface area contributed by atoms with Gasteiger partial charge in [0, 0.05) is 38.1 Å². The van der Waals surface area contributed by atoms with Crippen molar-refractivity contribution in [2.24, 2.45) is 0 Å². The normalized spacial score (nSPS) is 10.3. The van der Waals surface area contributed by atoms with Gasteiger partial charge < -0.3 is 15.0 Å². The van der Waals surface area contributed by atoms with E-state index in [0.717, 1.165) is 23.4 Å². The van der Waals surface area contributed by atoms with E-state index in [-0.39, 0.29) is 5.91 Å². The van der Waals surface area contributed by atoms with Gasteiger partial charge in [0.15, 0.2) is 0 Å². The number of carbonyl (C=O) groups excluding carboxylic acids is 1. The van der Waals surface area contributed by atoms with Crippen LogP contribution in [-0.2, 0) is 0 Å². The Morgan fingerprint density at radius 2 is 1.95 bits per heavy atom. The molecule has 2 rings (SSSR count). The summed E-state index contributed by atoms with van der Waals surface area (Å²) in [5.74, 6) is 0.772. The van der Waals surface area contributed by atoms with Gasteiger partial charge in [0.25, 0.3) is 5.91 Å². The Morgan fingerprint density at radius 1 is 1.23 bits per heavy atom. The number of carbonyl (C=O) groups is 1. The van der Waals surface area contributed by atoms with Gasteiger partial charge in [-0.25, -0.2) is 0 Å². The molecule has 1 N–H and O–H groups in total. The summed E-state index contributed by atoms with van der Waals surface area (Å²) in [6.07, 6.45) is 3.36. The lowest BCUT2D eigenvalue weighted by molar-refractivity contribution is 0.0796. The van der Waals surface area contributed by atoms with Crippen molar-refractivity contribution in [3.05, 3.63) is 48.3 Å². The first kappa shape index (κ1) is 16.0. The maximum Gasteiger partial charge on any atom is 0.255 e. The van der Waals surface area contributed by atoms with Crippen LogP contribution in [0.4, 0.5) is 0 Å². The molecule has 0 spiro atoms. The van der Waals surface area contributed by atoms with Crippen LogP contribution < -0.4 is 10.1 Å². The standard InChI is InChI=1S/C17H21N3O2/c1-18-8-9-20(2)17(21)15-10-14(11-19-12-15)13-4-6-16(22-3)7-5-13/h4-7,10-12,18H,8-9H2,1-3H3. The van der Waals surface area contributed by atoms with Crippen molar-refractivity contribution in [2.75, 3.05) is 34.3 Å². The Bertz CT molecular complexity index is 626. The zero-order valence-corrected chi connectivity index (χ0v) is 13.2. The third-order valence-electron chi connectivity index (χ3n) is 3.45. The van der Waals surface area contributed by atoms with Crippen molar-refractivity contribution < 1.29 is 9.53 Å². The molecule has 2 aromatic rings. The third-order valence-corrected chi connectivity index (χ3v) is 3.45. The van der Waals surface area contributed by atoms with E-state index < -0.39 is 0 Å². The van der Waals surface area contributed by atoms with Crippen LogP contribution in [-0.4, -0.2) is 50.1 Å². The number of nitrogens with zero attached hydrogens (tertiary/aromatic N) is 2. The lowest BCUT2D eigenvalue weighted by Crippen LogP contribution is -2.32. The molecule has 5 nitrogen and oxygen atoms in total. The number of methoxy groups -OCH3 is 1. The summed E-state index contributed by atoms with van der Waals surface area (Å²) in [6, 6.07) is 9.56. The summed E-state index contributed by atoms with van der Waals surface area (Å²) in [4.78, 5) is 18.3. The molecule has 0 atom stereocenters. The fourth-order valence-corrected chi connectivity index (χ4v) is 2.10. The summed E-state index contributed by atoms with van der Waals surface area (Å²) in [5, 5.41) is 3.03. The second-order valence-electron chi connectivity index (χ2n) is 5.02. The van der Waals surface area contributed by atoms with Gasteiger partial charge in [0.1, 0.15) is 5.75 Å². The second kappa shape index (κ2) is 7.56. The molecule has 1 amide bonds. The molecule has 5 heteroatoms. The topological polar surface area (TPSA) is 54.5 Å². The van der Waals surface area contributed by atoms with Crippen LogP contribution in [0, 0.1) is 0 Å². The molecule has 1 aromatic heterocycles. The van der Waals surface area contributed by atoms with E-state index in [1.54, 1.807) is 31.5 Å². The van der Waals surface area contributed by atoms with Crippen molar-refractivity contribution in [1.82, 2.24) is 15.2 Å². The molecular weight excluding hydrogens is 278 g/mol. The number of aromatic nitrogens is 1. The molecule has 0 aliphatic rings. The van der Waals surface area contributed by atoms with Crippen LogP contribution in [0.3, 0.4) is 0 Å². The van der Waals surface area contributed by atoms with Crippen molar-refractivity contribution in [3.63, 3.8) is 0 Å². The fraction of sp³-hybridized carbons (Fsp3) is 0.294. The number of ether oxygens (including phenoxy) is 1. The molecule has 116 valence electrons. The number of likely N-dealkylation sites (N-methyl/N-ethyl adjacent to an activating group) is 2. The van der Waals surface area contributed by atoms with Gasteiger partial charge in [-0.15, -0.1) is 0 Å². The first-order valence-electron chi connectivity index (χ1n) is 7.15. The van der Waals surface area contributed by atoms with Crippen molar-refractivity contribution in [2.45, 2.75) is 0 Å². The lowest BCUT2D eigenvalue weighted by atomic mass is 10.1. The van der Waals surface area contributed by atoms with Gasteiger partial charge >= 0.3 is 0 Å². The summed E-state index contributed by atoms with van der Waals surface area (Å²) in [7, 11) is 5.29. The first-order chi connectivity index (χ1) is 10.7. The zero-order chi connectivity index (χ0) is 15.9. The summed E-state index contributed by atoms with van der Waals surface area (Å²) in [6.45, 7) is 1.41. The average Bonchev–Trinajstić information content (AvgIpc) is 2.59. The molecule has 0 aliphatic heterocycles. The number of benzene rings is 1. The molecule has 0 saturated carbocycles. The Morgan fingerprint density at radius 3 is 2.59 bits per heavy atom. The SMILES string of the molecule is CNCCN(C)C(=O)c1cncc(-c2ccc(OC)cc2)c1. The van der Waals surface area contributed by atoms with Crippen LogP contribution in [0.1, 0.15) is 10.4 Å². The van der Waals surface area contributed by atoms with Crippen LogP contribution in [0.2, 0.25) is 0 Å². The van der Waals surface area contributed by atoms with Gasteiger partial charge in [-0.2, -0.15) is 0 Å². The summed E-state index contributed by atoms with van der Waals surface area (Å²) < 4.78 is 5.15. The van der Waals surface area contributed by atoms with Crippen molar-refractivity contribution >= 4 is 5.91 Å². The zero-order valence-electron chi connectivity index (χ0n) is 13.2. The highest BCUT2D eigenvalue weighted by atomic mass is 16.5. The van der Waals surface area contributed by atoms with Crippen molar-refractivity contribution in [1.29, 1.82) is 0 Å². The summed E-state index contributed by atoms with van der Waals surface area (Å²) in [5.41, 5.74) is 2.50. The van der Waals surface area contributed by atoms with Gasteiger partial charge in [0.2, 0.25) is 0 Å². The molecular formula is C17H21N3O2. The molecule has 1 aromatic carbocycles. The highest BCUT2D eigenvalue weighted by molar-refractivity contribution is 5.94. The molecule has 0 fully saturated rings. The lowest BCUT2D eigenvalue weighted by Gasteiger charge is -2.17. The van der Waals surface area contributed by atoms with Crippen LogP contribution in [0.5, 0.6) is 5.75 Å². The van der Waals surface area contributed by atoms with Crippen molar-refractivity contribution in [3.8, 4) is 16.9 Å². The first-order valence-corrected chi connectivity index (χ1v) is 7.15. The smallest absolute Gasteiger partial charge is 0.255 e. The molecule has 0 bridgehead atoms. The fourth-order valence-electron chi connectivity index (χ4n) is 2.10. The number of hydrogen-bond donors (Lipinski definition) is 1. The average molecular weight is 299 g/mol. The molecule has 22 heavy (non-hydrogen) atoms. The number of nitrogens with one attached hydrogen (secondary N) is 1. The second-order valence-corrected chi connectivity index (χ2v) is 5.02. The monoisotopic (exact) mass is 299 g/mol. The maximum absolute atomic E-state index is 12.4. The molecule has 0 saturated heterocycles. The Balaban J connectivity index is 2.20. The van der Waals surface area contributed by atoms with E-state index in [2.05, 4.69) is 10.3 Å². The van der Waals surface area contributed by atoms with E-state index in [1.807, 2.05) is 37.4 Å².